The zero-order chi connectivity index (χ0) is 12.6. The van der Waals surface area contributed by atoms with Gasteiger partial charge in [0.2, 0.25) is 0 Å². The molecule has 1 heterocycles. The van der Waals surface area contributed by atoms with E-state index in [-0.39, 0.29) is 62.7 Å². The molecule has 0 aliphatic rings. The van der Waals surface area contributed by atoms with E-state index in [0.29, 0.717) is 5.39 Å². The summed E-state index contributed by atoms with van der Waals surface area (Å²) in [5, 5.41) is 19.5. The summed E-state index contributed by atoms with van der Waals surface area (Å²) in [7, 11) is 0. The largest absolute Gasteiger partial charge is 0.477 e. The number of carboxylic acid groups (broad SMARTS) is 1. The molecule has 2 aromatic rings. The summed E-state index contributed by atoms with van der Waals surface area (Å²) in [4.78, 5) is 31.8. The van der Waals surface area contributed by atoms with Crippen LogP contribution in [0, 0.1) is 10.1 Å². The fourth-order valence-electron chi connectivity index (χ4n) is 1.36. The molecule has 2 rings (SSSR count). The maximum atomic E-state index is 11.2. The van der Waals surface area contributed by atoms with Crippen LogP contribution in [0.15, 0.2) is 33.5 Å². The smallest absolute Gasteiger partial charge is 0.351 e. The summed E-state index contributed by atoms with van der Waals surface area (Å²) in [5.41, 5.74) is -1.80. The number of carbonyl (C=O) groups is 1. The number of hydrogen-bond donors (Lipinski definition) is 1. The van der Waals surface area contributed by atoms with E-state index in [1.54, 1.807) is 0 Å². The maximum absolute atomic E-state index is 11.2. The number of rotatable bonds is 2. The SMILES string of the molecule is O=C(O)c1cc2ccc([N+](=O)[O-])cc2oc1=O.[K]. The van der Waals surface area contributed by atoms with Crippen molar-refractivity contribution in [1.29, 1.82) is 0 Å². The van der Waals surface area contributed by atoms with Gasteiger partial charge in [-0.1, -0.05) is 0 Å². The van der Waals surface area contributed by atoms with Crippen molar-refractivity contribution >= 4 is 74.0 Å². The van der Waals surface area contributed by atoms with Crippen LogP contribution in [-0.2, 0) is 0 Å². The zero-order valence-corrected chi connectivity index (χ0v) is 12.4. The van der Waals surface area contributed by atoms with E-state index in [2.05, 4.69) is 0 Å². The van der Waals surface area contributed by atoms with Gasteiger partial charge in [-0.25, -0.2) is 9.59 Å². The molecule has 0 saturated heterocycles. The van der Waals surface area contributed by atoms with Crippen LogP contribution in [0.25, 0.3) is 11.0 Å². The molecule has 0 aliphatic carbocycles. The average Bonchev–Trinajstić information content (AvgIpc) is 2.26. The normalized spacial score (nSPS) is 9.78. The minimum atomic E-state index is -1.40. The first-order valence-electron chi connectivity index (χ1n) is 4.44. The molecular formula is C10H5KNO6. The van der Waals surface area contributed by atoms with Crippen LogP contribution in [0.5, 0.6) is 0 Å². The second kappa shape index (κ2) is 5.72. The molecule has 0 unspecified atom stereocenters. The van der Waals surface area contributed by atoms with Gasteiger partial charge in [-0.05, 0) is 12.1 Å². The number of nitro groups is 1. The van der Waals surface area contributed by atoms with Gasteiger partial charge in [0.15, 0.2) is 0 Å². The van der Waals surface area contributed by atoms with E-state index in [1.807, 2.05) is 0 Å². The van der Waals surface area contributed by atoms with Crippen LogP contribution in [-0.4, -0.2) is 67.4 Å². The molecule has 0 bridgehead atoms. The Morgan fingerprint density at radius 2 is 2.00 bits per heavy atom. The maximum Gasteiger partial charge on any atom is 0.351 e. The molecule has 0 amide bonds. The van der Waals surface area contributed by atoms with Gasteiger partial charge in [0.05, 0.1) is 11.0 Å². The molecule has 87 valence electrons. The zero-order valence-electron chi connectivity index (χ0n) is 9.25. The molecule has 0 fully saturated rings. The Hall–Kier alpha value is -1.06. The average molecular weight is 274 g/mol. The molecule has 1 N–H and O–H groups in total. The van der Waals surface area contributed by atoms with Gasteiger partial charge in [-0.15, -0.1) is 0 Å². The Balaban J connectivity index is 0.00000162. The van der Waals surface area contributed by atoms with Crippen molar-refractivity contribution in [3.8, 4) is 0 Å². The summed E-state index contributed by atoms with van der Waals surface area (Å²) in [6, 6.07) is 4.71. The molecule has 0 spiro atoms. The van der Waals surface area contributed by atoms with Crippen LogP contribution >= 0.6 is 0 Å². The topological polar surface area (TPSA) is 111 Å². The quantitative estimate of drug-likeness (QED) is 0.379. The number of nitrogens with zero attached hydrogens (tertiary/aromatic N) is 1. The minimum absolute atomic E-state index is 0. The van der Waals surface area contributed by atoms with E-state index < -0.39 is 22.1 Å². The Kier molecular flexibility index (Phi) is 4.76. The van der Waals surface area contributed by atoms with Gasteiger partial charge >= 0.3 is 11.6 Å². The molecule has 0 aliphatic heterocycles. The molecule has 1 aromatic carbocycles. The monoisotopic (exact) mass is 274 g/mol. The van der Waals surface area contributed by atoms with Crippen LogP contribution in [0.4, 0.5) is 5.69 Å². The number of carboxylic acids is 1. The first-order chi connectivity index (χ1) is 7.99. The van der Waals surface area contributed by atoms with Gasteiger partial charge in [-0.3, -0.25) is 10.1 Å². The summed E-state index contributed by atoms with van der Waals surface area (Å²) < 4.78 is 4.70. The summed E-state index contributed by atoms with van der Waals surface area (Å²) in [5.74, 6) is -1.40. The van der Waals surface area contributed by atoms with E-state index in [4.69, 9.17) is 9.52 Å². The third-order valence-corrected chi connectivity index (χ3v) is 2.16. The standard InChI is InChI=1S/C10H5NO6.K/c12-9(13)7-3-5-1-2-6(11(15)16)4-8(5)17-10(7)14;/h1-4H,(H,12,13);. The van der Waals surface area contributed by atoms with Crippen molar-refractivity contribution in [1.82, 2.24) is 0 Å². The van der Waals surface area contributed by atoms with Crippen LogP contribution < -0.4 is 5.63 Å². The number of aromatic carboxylic acids is 1. The van der Waals surface area contributed by atoms with Gasteiger partial charge in [0.25, 0.3) is 5.69 Å². The van der Waals surface area contributed by atoms with Crippen molar-refractivity contribution in [2.45, 2.75) is 0 Å². The van der Waals surface area contributed by atoms with Gasteiger partial charge < -0.3 is 9.52 Å². The number of hydrogen-bond acceptors (Lipinski definition) is 5. The minimum Gasteiger partial charge on any atom is -0.477 e. The number of non-ortho nitro benzene ring substituents is 1. The Bertz CT molecular complexity index is 692. The fraction of sp³-hybridized carbons (Fsp3) is 0. The van der Waals surface area contributed by atoms with Crippen LogP contribution in [0.2, 0.25) is 0 Å². The Morgan fingerprint density at radius 3 is 2.56 bits per heavy atom. The Morgan fingerprint density at radius 1 is 1.33 bits per heavy atom. The third kappa shape index (κ3) is 2.84. The molecular weight excluding hydrogens is 269 g/mol. The summed E-state index contributed by atoms with van der Waals surface area (Å²) in [6.45, 7) is 0. The number of benzene rings is 1. The predicted molar refractivity (Wildman–Crippen MR) is 61.9 cm³/mol. The van der Waals surface area contributed by atoms with Crippen LogP contribution in [0.3, 0.4) is 0 Å². The van der Waals surface area contributed by atoms with Crippen molar-refractivity contribution < 1.29 is 19.2 Å². The number of fused-ring (bicyclic) bond motifs is 1. The molecule has 8 heteroatoms. The van der Waals surface area contributed by atoms with E-state index >= 15 is 0 Å². The molecule has 7 nitrogen and oxygen atoms in total. The van der Waals surface area contributed by atoms with Crippen molar-refractivity contribution in [2.75, 3.05) is 0 Å². The van der Waals surface area contributed by atoms with Gasteiger partial charge in [0.1, 0.15) is 11.1 Å². The molecule has 1 radical (unpaired) electrons. The molecule has 18 heavy (non-hydrogen) atoms. The third-order valence-electron chi connectivity index (χ3n) is 2.16. The number of nitro benzene ring substituents is 1. The summed E-state index contributed by atoms with van der Waals surface area (Å²) in [6.07, 6.45) is 0. The van der Waals surface area contributed by atoms with Crippen LogP contribution in [0.1, 0.15) is 10.4 Å². The van der Waals surface area contributed by atoms with E-state index in [0.717, 1.165) is 12.1 Å². The Labute approximate surface area is 142 Å². The van der Waals surface area contributed by atoms with E-state index in [9.17, 15) is 19.7 Å². The first-order valence-corrected chi connectivity index (χ1v) is 4.44. The summed E-state index contributed by atoms with van der Waals surface area (Å²) >= 11 is 0. The predicted octanol–water partition coefficient (Wildman–Crippen LogP) is 1.02. The van der Waals surface area contributed by atoms with Gasteiger partial charge in [0, 0.05) is 62.8 Å². The van der Waals surface area contributed by atoms with Gasteiger partial charge in [-0.2, -0.15) is 0 Å². The molecule has 0 saturated carbocycles. The second-order valence-corrected chi connectivity index (χ2v) is 3.23. The van der Waals surface area contributed by atoms with E-state index in [1.165, 1.54) is 12.1 Å². The van der Waals surface area contributed by atoms with Crippen molar-refractivity contribution in [2.24, 2.45) is 0 Å². The molecule has 1 aromatic heterocycles. The molecule has 0 atom stereocenters. The first kappa shape index (κ1) is 15.0. The van der Waals surface area contributed by atoms with Crippen molar-refractivity contribution in [3.63, 3.8) is 0 Å². The fourth-order valence-corrected chi connectivity index (χ4v) is 1.36. The second-order valence-electron chi connectivity index (χ2n) is 3.23. The van der Waals surface area contributed by atoms with Crippen molar-refractivity contribution in [3.05, 3.63) is 50.4 Å².